The molecule has 4 rings (SSSR count). The first kappa shape index (κ1) is 17.5. The molecule has 0 radical (unpaired) electrons. The lowest BCUT2D eigenvalue weighted by molar-refractivity contribution is 0.104. The molecule has 0 spiro atoms. The number of ether oxygens (including phenoxy) is 1. The number of allylic oxidation sites excluding steroid dienone is 1. The van der Waals surface area contributed by atoms with Crippen molar-refractivity contribution < 1.29 is 9.53 Å². The highest BCUT2D eigenvalue weighted by Gasteiger charge is 2.27. The van der Waals surface area contributed by atoms with Crippen molar-refractivity contribution in [1.29, 1.82) is 0 Å². The highest BCUT2D eigenvalue weighted by atomic mass is 32.1. The second-order valence-electron chi connectivity index (χ2n) is 7.41. The third-order valence-corrected chi connectivity index (χ3v) is 6.76. The van der Waals surface area contributed by atoms with Gasteiger partial charge in [-0.05, 0) is 67.5 Å². The minimum atomic E-state index is -0.0559. The summed E-state index contributed by atoms with van der Waals surface area (Å²) in [6.07, 6.45) is 5.32. The van der Waals surface area contributed by atoms with Crippen LogP contribution in [0.15, 0.2) is 30.9 Å². The molecular weight excluding hydrogens is 342 g/mol. The van der Waals surface area contributed by atoms with E-state index in [0.29, 0.717) is 5.56 Å². The van der Waals surface area contributed by atoms with E-state index in [1.165, 1.54) is 47.3 Å². The van der Waals surface area contributed by atoms with E-state index in [1.807, 2.05) is 24.3 Å². The smallest absolute Gasteiger partial charge is 0.185 e. The fraction of sp³-hybridized carbons (Fsp3) is 0.409. The summed E-state index contributed by atoms with van der Waals surface area (Å²) in [6, 6.07) is 6.35. The Balaban J connectivity index is 1.66. The Kier molecular flexibility index (Phi) is 4.72. The largest absolute Gasteiger partial charge is 0.496 e. The van der Waals surface area contributed by atoms with Crippen LogP contribution in [0.1, 0.15) is 39.2 Å². The van der Waals surface area contributed by atoms with Crippen LogP contribution in [0, 0.1) is 12.8 Å². The predicted molar refractivity (Wildman–Crippen MR) is 107 cm³/mol. The van der Waals surface area contributed by atoms with Crippen molar-refractivity contribution in [2.24, 2.45) is 5.92 Å². The molecule has 3 nitrogen and oxygen atoms in total. The lowest BCUT2D eigenvalue weighted by Gasteiger charge is -2.26. The van der Waals surface area contributed by atoms with Gasteiger partial charge < -0.3 is 4.74 Å². The minimum absolute atomic E-state index is 0.0559. The zero-order valence-electron chi connectivity index (χ0n) is 15.5. The summed E-state index contributed by atoms with van der Waals surface area (Å²) in [5, 5.41) is 0. The Morgan fingerprint density at radius 1 is 1.38 bits per heavy atom. The van der Waals surface area contributed by atoms with Crippen LogP contribution in [0.4, 0.5) is 0 Å². The van der Waals surface area contributed by atoms with Crippen LogP contribution in [-0.2, 0) is 13.0 Å². The molecule has 1 aliphatic heterocycles. The summed E-state index contributed by atoms with van der Waals surface area (Å²) in [5.74, 6) is 1.64. The fourth-order valence-electron chi connectivity index (χ4n) is 3.76. The van der Waals surface area contributed by atoms with Crippen molar-refractivity contribution in [3.63, 3.8) is 0 Å². The van der Waals surface area contributed by atoms with Crippen LogP contribution in [0.2, 0.25) is 0 Å². The van der Waals surface area contributed by atoms with Crippen LogP contribution in [-0.4, -0.2) is 30.9 Å². The van der Waals surface area contributed by atoms with Gasteiger partial charge in [-0.2, -0.15) is 0 Å². The Labute approximate surface area is 159 Å². The number of hydrogen-bond acceptors (Lipinski definition) is 4. The first-order chi connectivity index (χ1) is 12.6. The van der Waals surface area contributed by atoms with Gasteiger partial charge in [-0.3, -0.25) is 9.69 Å². The first-order valence-electron chi connectivity index (χ1n) is 9.28. The summed E-state index contributed by atoms with van der Waals surface area (Å²) >= 11 is 1.86. The predicted octanol–water partition coefficient (Wildman–Crippen LogP) is 4.87. The molecular formula is C22H25NO2S. The molecule has 1 saturated carbocycles. The molecule has 1 fully saturated rings. The van der Waals surface area contributed by atoms with E-state index in [-0.39, 0.29) is 5.78 Å². The van der Waals surface area contributed by atoms with Gasteiger partial charge in [0, 0.05) is 40.5 Å². The molecule has 4 heteroatoms. The summed E-state index contributed by atoms with van der Waals surface area (Å²) in [6.45, 7) is 9.04. The maximum absolute atomic E-state index is 12.3. The fourth-order valence-corrected chi connectivity index (χ4v) is 4.91. The van der Waals surface area contributed by atoms with Gasteiger partial charge in [0.2, 0.25) is 0 Å². The Hall–Kier alpha value is -1.91. The van der Waals surface area contributed by atoms with E-state index in [4.69, 9.17) is 4.74 Å². The molecule has 0 unspecified atom stereocenters. The van der Waals surface area contributed by atoms with Crippen LogP contribution in [0.3, 0.4) is 0 Å². The van der Waals surface area contributed by atoms with E-state index >= 15 is 0 Å². The molecule has 0 atom stereocenters. The number of fused-ring (bicyclic) bond motifs is 1. The van der Waals surface area contributed by atoms with Crippen LogP contribution in [0.25, 0.3) is 10.4 Å². The van der Waals surface area contributed by atoms with Crippen molar-refractivity contribution >= 4 is 17.1 Å². The minimum Gasteiger partial charge on any atom is -0.496 e. The summed E-state index contributed by atoms with van der Waals surface area (Å²) in [7, 11) is 1.66. The molecule has 0 saturated heterocycles. The highest BCUT2D eigenvalue weighted by molar-refractivity contribution is 7.15. The lowest BCUT2D eigenvalue weighted by Crippen LogP contribution is -2.31. The summed E-state index contributed by atoms with van der Waals surface area (Å²) in [5.41, 5.74) is 4.06. The number of methoxy groups -OCH3 is 1. The van der Waals surface area contributed by atoms with Gasteiger partial charge in [0.05, 0.1) is 7.11 Å². The first-order valence-corrected chi connectivity index (χ1v) is 10.1. The Bertz CT molecular complexity index is 863. The summed E-state index contributed by atoms with van der Waals surface area (Å²) < 4.78 is 5.52. The highest BCUT2D eigenvalue weighted by Crippen LogP contribution is 2.39. The van der Waals surface area contributed by atoms with E-state index in [1.54, 1.807) is 7.11 Å². The van der Waals surface area contributed by atoms with Crippen molar-refractivity contribution in [3.8, 4) is 16.2 Å². The van der Waals surface area contributed by atoms with Crippen molar-refractivity contribution in [2.45, 2.75) is 32.7 Å². The molecule has 2 aromatic rings. The van der Waals surface area contributed by atoms with E-state index in [0.717, 1.165) is 35.8 Å². The average Bonchev–Trinajstić information content (AvgIpc) is 3.36. The number of carbonyl (C=O) groups is 1. The van der Waals surface area contributed by atoms with Crippen LogP contribution in [0.5, 0.6) is 5.75 Å². The number of hydrogen-bond donors (Lipinski definition) is 0. The molecule has 0 bridgehead atoms. The average molecular weight is 368 g/mol. The van der Waals surface area contributed by atoms with Gasteiger partial charge in [-0.15, -0.1) is 11.3 Å². The second-order valence-corrected chi connectivity index (χ2v) is 8.54. The van der Waals surface area contributed by atoms with E-state index in [2.05, 4.69) is 23.6 Å². The summed E-state index contributed by atoms with van der Waals surface area (Å²) in [4.78, 5) is 17.6. The van der Waals surface area contributed by atoms with Gasteiger partial charge >= 0.3 is 0 Å². The Morgan fingerprint density at radius 2 is 2.19 bits per heavy atom. The topological polar surface area (TPSA) is 29.5 Å². The maximum Gasteiger partial charge on any atom is 0.185 e. The number of benzene rings is 1. The molecule has 136 valence electrons. The molecule has 2 heterocycles. The van der Waals surface area contributed by atoms with Crippen molar-refractivity contribution in [1.82, 2.24) is 4.90 Å². The SMILES string of the molecule is C=CC(=O)c1cc(-c2cc3c(s2)CCN(CC2CC2)C3)cc(OC)c1C. The maximum atomic E-state index is 12.3. The normalized spacial score (nSPS) is 17.0. The number of nitrogens with zero attached hydrogens (tertiary/aromatic N) is 1. The van der Waals surface area contributed by atoms with Crippen LogP contribution >= 0.6 is 11.3 Å². The van der Waals surface area contributed by atoms with Gasteiger partial charge in [0.1, 0.15) is 5.75 Å². The van der Waals surface area contributed by atoms with Gasteiger partial charge in [-0.1, -0.05) is 6.58 Å². The number of carbonyl (C=O) groups excluding carboxylic acids is 1. The third kappa shape index (κ3) is 3.36. The van der Waals surface area contributed by atoms with Gasteiger partial charge in [-0.25, -0.2) is 0 Å². The van der Waals surface area contributed by atoms with Gasteiger partial charge in [0.15, 0.2) is 5.78 Å². The number of ketones is 1. The van der Waals surface area contributed by atoms with E-state index in [9.17, 15) is 4.79 Å². The van der Waals surface area contributed by atoms with Crippen LogP contribution < -0.4 is 4.74 Å². The molecule has 0 amide bonds. The van der Waals surface area contributed by atoms with E-state index < -0.39 is 0 Å². The molecule has 1 aliphatic carbocycles. The zero-order valence-corrected chi connectivity index (χ0v) is 16.3. The number of rotatable bonds is 6. The molecule has 26 heavy (non-hydrogen) atoms. The monoisotopic (exact) mass is 367 g/mol. The molecule has 1 aromatic carbocycles. The molecule has 1 aromatic heterocycles. The second kappa shape index (κ2) is 7.01. The zero-order chi connectivity index (χ0) is 18.3. The quantitative estimate of drug-likeness (QED) is 0.539. The molecule has 2 aliphatic rings. The third-order valence-electron chi connectivity index (χ3n) is 5.47. The Morgan fingerprint density at radius 3 is 2.88 bits per heavy atom. The van der Waals surface area contributed by atoms with Gasteiger partial charge in [0.25, 0.3) is 0 Å². The molecule has 0 N–H and O–H groups in total. The van der Waals surface area contributed by atoms with Crippen molar-refractivity contribution in [2.75, 3.05) is 20.2 Å². The van der Waals surface area contributed by atoms with Crippen molar-refractivity contribution in [3.05, 3.63) is 52.4 Å². The lowest BCUT2D eigenvalue weighted by atomic mass is 9.99. The standard InChI is InChI=1S/C22H25NO2S/c1-4-19(24)18-9-16(10-20(25-3)14(18)2)22-11-17-13-23(12-15-5-6-15)8-7-21(17)26-22/h4,9-11,15H,1,5-8,12-13H2,2-3H3. The number of thiophene rings is 1.